The van der Waals surface area contributed by atoms with E-state index in [0.717, 1.165) is 22.2 Å². The third-order valence-electron chi connectivity index (χ3n) is 10.6. The number of morpholine rings is 1. The van der Waals surface area contributed by atoms with Crippen LogP contribution in [0, 0.1) is 24.0 Å². The number of carbonyl (C=O) groups is 4. The van der Waals surface area contributed by atoms with Crippen molar-refractivity contribution in [3.63, 3.8) is 0 Å². The van der Waals surface area contributed by atoms with E-state index in [1.165, 1.54) is 40.6 Å². The number of rotatable bonds is 17. The highest BCUT2D eigenvalue weighted by Crippen LogP contribution is 2.37. The van der Waals surface area contributed by atoms with Crippen molar-refractivity contribution in [3.05, 3.63) is 70.2 Å². The molecule has 0 radical (unpaired) electrons. The van der Waals surface area contributed by atoms with Crippen LogP contribution in [-0.2, 0) is 34.4 Å². The molecule has 340 valence electrons. The first-order valence-corrected chi connectivity index (χ1v) is 22.3. The minimum atomic E-state index is -1.81. The molecule has 4 aromatic rings. The summed E-state index contributed by atoms with van der Waals surface area (Å²) in [5, 5.41) is 32.3. The summed E-state index contributed by atoms with van der Waals surface area (Å²) in [5.41, 5.74) is 1.90. The molecule has 6 rings (SSSR count). The van der Waals surface area contributed by atoms with Gasteiger partial charge in [-0.25, -0.2) is 14.4 Å². The molecule has 2 aromatic carbocycles. The van der Waals surface area contributed by atoms with Crippen molar-refractivity contribution in [1.82, 2.24) is 30.8 Å². The molecular formula is C43H53F2N7O9S2. The van der Waals surface area contributed by atoms with Crippen LogP contribution in [0.4, 0.5) is 13.9 Å². The second-order valence-corrected chi connectivity index (χ2v) is 18.3. The van der Waals surface area contributed by atoms with E-state index in [-0.39, 0.29) is 38.1 Å². The van der Waals surface area contributed by atoms with E-state index >= 15 is 0 Å². The molecule has 2 saturated heterocycles. The first-order valence-electron chi connectivity index (χ1n) is 20.5. The number of benzene rings is 2. The van der Waals surface area contributed by atoms with Gasteiger partial charge in [0.05, 0.1) is 41.1 Å². The Labute approximate surface area is 372 Å². The average Bonchev–Trinajstić information content (AvgIpc) is 4.01. The number of hydrogen-bond acceptors (Lipinski definition) is 14. The van der Waals surface area contributed by atoms with Crippen LogP contribution in [0.1, 0.15) is 51.8 Å². The van der Waals surface area contributed by atoms with E-state index < -0.39 is 83.6 Å². The molecule has 63 heavy (non-hydrogen) atoms. The fraction of sp³-hybridized carbons (Fsp3) is 0.488. The average molecular weight is 914 g/mol. The molecule has 0 aliphatic carbocycles. The predicted molar refractivity (Wildman–Crippen MR) is 232 cm³/mol. The quantitative estimate of drug-likeness (QED) is 0.0760. The largest absolute Gasteiger partial charge is 0.480 e. The fourth-order valence-electron chi connectivity index (χ4n) is 7.16. The van der Waals surface area contributed by atoms with Crippen molar-refractivity contribution in [3.8, 4) is 27.4 Å². The second-order valence-electron chi connectivity index (χ2n) is 16.6. The molecule has 16 nitrogen and oxygen atoms in total. The lowest BCUT2D eigenvalue weighted by atomic mass is 9.85. The summed E-state index contributed by atoms with van der Waals surface area (Å²) in [6, 6.07) is 7.13. The number of ether oxygens (including phenoxy) is 3. The van der Waals surface area contributed by atoms with Gasteiger partial charge in [0.15, 0.2) is 29.0 Å². The van der Waals surface area contributed by atoms with Crippen molar-refractivity contribution >= 4 is 51.4 Å². The number of likely N-dealkylation sites (tertiary alicyclic amines) is 1. The minimum Gasteiger partial charge on any atom is -0.480 e. The maximum Gasteiger partial charge on any atom is 0.257 e. The summed E-state index contributed by atoms with van der Waals surface area (Å²) in [7, 11) is 0. The third-order valence-corrected chi connectivity index (χ3v) is 12.5. The summed E-state index contributed by atoms with van der Waals surface area (Å²) in [5.74, 6) is -5.27. The number of thiazole rings is 2. The van der Waals surface area contributed by atoms with Gasteiger partial charge in [-0.15, -0.1) is 22.7 Å². The van der Waals surface area contributed by atoms with E-state index in [0.29, 0.717) is 42.7 Å². The van der Waals surface area contributed by atoms with Crippen molar-refractivity contribution in [2.24, 2.45) is 5.41 Å². The number of aromatic nitrogens is 2. The molecule has 2 aromatic heterocycles. The summed E-state index contributed by atoms with van der Waals surface area (Å²) in [4.78, 5) is 66.4. The van der Waals surface area contributed by atoms with Crippen LogP contribution in [0.15, 0.2) is 47.3 Å². The van der Waals surface area contributed by atoms with Crippen LogP contribution in [0.2, 0.25) is 0 Å². The van der Waals surface area contributed by atoms with Gasteiger partial charge in [-0.2, -0.15) is 4.39 Å². The summed E-state index contributed by atoms with van der Waals surface area (Å²) >= 11 is 2.84. The Morgan fingerprint density at radius 3 is 2.43 bits per heavy atom. The lowest BCUT2D eigenvalue weighted by Crippen LogP contribution is -2.59. The zero-order chi connectivity index (χ0) is 45.5. The third kappa shape index (κ3) is 11.9. The van der Waals surface area contributed by atoms with Crippen LogP contribution in [0.3, 0.4) is 0 Å². The van der Waals surface area contributed by atoms with Crippen molar-refractivity contribution in [2.45, 2.75) is 71.4 Å². The maximum absolute atomic E-state index is 14.9. The van der Waals surface area contributed by atoms with Crippen LogP contribution in [0.5, 0.6) is 5.75 Å². The van der Waals surface area contributed by atoms with Gasteiger partial charge in [0.2, 0.25) is 23.5 Å². The summed E-state index contributed by atoms with van der Waals surface area (Å²) in [6.45, 7) is 9.99. The second kappa shape index (κ2) is 20.6. The Bertz CT molecular complexity index is 2240. The zero-order valence-electron chi connectivity index (χ0n) is 35.7. The van der Waals surface area contributed by atoms with Crippen LogP contribution in [0.25, 0.3) is 21.7 Å². The Balaban J connectivity index is 0.953. The molecule has 5 N–H and O–H groups in total. The summed E-state index contributed by atoms with van der Waals surface area (Å²) in [6.07, 6.45) is -0.799. The number of aliphatic hydroxyl groups is 2. The standard InChI is InChI=1S/C43H53F2N7O9S2/c1-25-37(63-24-47-25)26-7-9-27(10-8-26)43(5,58)50-39(56)32-19-28(53)20-52(32)40(57)38(42(2,3)4)49-34(55)21-60-16-6-13-46-33(54)22-61-36-29(11-12-30(44)35(36)45)31-23-62-41(48-31)51-14-17-59-18-15-51/h7-12,23-24,28,32,38,53,58H,6,13-22H2,1-5H3,(H,46,54)(H,49,55)(H,50,56)/t28-,32+,38-,43?/m1/s1. The molecule has 4 atom stereocenters. The molecule has 2 fully saturated rings. The first-order chi connectivity index (χ1) is 29.9. The van der Waals surface area contributed by atoms with Gasteiger partial charge in [0, 0.05) is 55.7 Å². The number of nitrogens with zero attached hydrogens (tertiary/aromatic N) is 4. The molecule has 0 spiro atoms. The van der Waals surface area contributed by atoms with Crippen molar-refractivity contribution in [1.29, 1.82) is 0 Å². The molecule has 2 aliphatic heterocycles. The lowest BCUT2D eigenvalue weighted by molar-refractivity contribution is -0.146. The fourth-order valence-corrected chi connectivity index (χ4v) is 8.85. The molecule has 0 saturated carbocycles. The van der Waals surface area contributed by atoms with Gasteiger partial charge in [0.25, 0.3) is 5.91 Å². The molecule has 0 bridgehead atoms. The topological polar surface area (TPSA) is 205 Å². The van der Waals surface area contributed by atoms with Crippen LogP contribution >= 0.6 is 22.7 Å². The highest BCUT2D eigenvalue weighted by Gasteiger charge is 2.45. The highest BCUT2D eigenvalue weighted by molar-refractivity contribution is 7.14. The minimum absolute atomic E-state index is 0.0504. The summed E-state index contributed by atoms with van der Waals surface area (Å²) < 4.78 is 45.5. The van der Waals surface area contributed by atoms with Crippen molar-refractivity contribution in [2.75, 3.05) is 64.1 Å². The van der Waals surface area contributed by atoms with Gasteiger partial charge in [-0.3, -0.25) is 19.2 Å². The predicted octanol–water partition coefficient (Wildman–Crippen LogP) is 3.73. The molecular weight excluding hydrogens is 861 g/mol. The van der Waals surface area contributed by atoms with Crippen molar-refractivity contribution < 1.29 is 52.4 Å². The van der Waals surface area contributed by atoms with Crippen LogP contribution in [-0.4, -0.2) is 126 Å². The number of amides is 4. The van der Waals surface area contributed by atoms with Gasteiger partial charge in [0.1, 0.15) is 18.7 Å². The van der Waals surface area contributed by atoms with Gasteiger partial charge in [-0.1, -0.05) is 45.0 Å². The Morgan fingerprint density at radius 1 is 1.02 bits per heavy atom. The van der Waals surface area contributed by atoms with E-state index in [4.69, 9.17) is 14.2 Å². The number of nitrogens with one attached hydrogen (secondary N) is 3. The molecule has 2 aliphatic rings. The monoisotopic (exact) mass is 913 g/mol. The number of aryl methyl sites for hydroxylation is 1. The van der Waals surface area contributed by atoms with Gasteiger partial charge in [-0.05, 0) is 43.4 Å². The lowest BCUT2D eigenvalue weighted by Gasteiger charge is -2.36. The smallest absolute Gasteiger partial charge is 0.257 e. The molecule has 4 heterocycles. The molecule has 4 amide bonds. The Kier molecular flexibility index (Phi) is 15.5. The Hall–Kier alpha value is -5.12. The van der Waals surface area contributed by atoms with Gasteiger partial charge < -0.3 is 50.2 Å². The zero-order valence-corrected chi connectivity index (χ0v) is 37.4. The Morgan fingerprint density at radius 2 is 1.75 bits per heavy atom. The van der Waals surface area contributed by atoms with E-state index in [9.17, 15) is 38.2 Å². The van der Waals surface area contributed by atoms with Gasteiger partial charge >= 0.3 is 0 Å². The highest BCUT2D eigenvalue weighted by atomic mass is 32.1. The van der Waals surface area contributed by atoms with E-state index in [2.05, 4.69) is 25.9 Å². The first kappa shape index (κ1) is 47.4. The molecule has 1 unspecified atom stereocenters. The number of β-amino-alcohol motifs (C(OH)–C–C–N with tert-alkyl or cyclic N) is 1. The van der Waals surface area contributed by atoms with E-state index in [1.807, 2.05) is 24.0 Å². The SMILES string of the molecule is Cc1ncsc1-c1ccc(C(C)(O)NC(=O)[C@@H]2C[C@@H](O)CN2C(=O)[C@@H](NC(=O)COCCCNC(=O)COc2c(-c3csc(N4CCOCC4)n3)ccc(F)c2F)C(C)(C)C)cc1. The number of anilines is 1. The maximum atomic E-state index is 14.9. The van der Waals surface area contributed by atoms with E-state index in [1.54, 1.807) is 43.8 Å². The number of aliphatic hydroxyl groups excluding tert-OH is 1. The normalized spacial score (nSPS) is 18.1. The van der Waals surface area contributed by atoms with Crippen LogP contribution < -0.4 is 25.6 Å². The molecule has 20 heteroatoms. The number of halogens is 2. The number of carbonyl (C=O) groups excluding carboxylic acids is 4. The number of hydrogen-bond donors (Lipinski definition) is 5.